The van der Waals surface area contributed by atoms with Crippen molar-refractivity contribution in [1.29, 1.82) is 0 Å². The summed E-state index contributed by atoms with van der Waals surface area (Å²) in [5, 5.41) is 10.6. The molecule has 12 aromatic carbocycles. The second kappa shape index (κ2) is 17.2. The summed E-state index contributed by atoms with van der Waals surface area (Å²) in [4.78, 5) is 5.41. The third-order valence-electron chi connectivity index (χ3n) is 18.4. The second-order valence-electron chi connectivity index (χ2n) is 22.5. The highest BCUT2D eigenvalue weighted by Gasteiger charge is 2.40. The Morgan fingerprint density at radius 2 is 0.667 bits per heavy atom. The van der Waals surface area contributed by atoms with E-state index in [1.165, 1.54) is 59.8 Å². The van der Waals surface area contributed by atoms with E-state index in [-0.39, 0.29) is 6.71 Å². The Morgan fingerprint density at radius 3 is 1.18 bits per heavy atom. The average Bonchev–Trinajstić information content (AvgIpc) is 2.10. The maximum atomic E-state index is 5.41. The van der Waals surface area contributed by atoms with Crippen molar-refractivity contribution >= 4 is 132 Å². The van der Waals surface area contributed by atoms with Crippen molar-refractivity contribution in [2.24, 2.45) is 0 Å². The molecule has 0 bridgehead atoms. The maximum absolute atomic E-state index is 5.41. The number of nitrogens with zero attached hydrogens (tertiary/aromatic N) is 6. The van der Waals surface area contributed by atoms with Crippen LogP contribution < -0.4 is 16.4 Å². The third kappa shape index (κ3) is 6.01. The van der Waals surface area contributed by atoms with E-state index in [1.54, 1.807) is 0 Å². The predicted molar refractivity (Wildman–Crippen MR) is 352 cm³/mol. The molecule has 84 heavy (non-hydrogen) atoms. The fraction of sp³-hybridized carbons (Fsp3) is 0. The van der Waals surface area contributed by atoms with Crippen molar-refractivity contribution in [2.45, 2.75) is 0 Å². The Morgan fingerprint density at radius 1 is 0.262 bits per heavy atom. The molecule has 0 unspecified atom stereocenters. The molecular weight excluding hydrogens is 1020 g/mol. The smallest absolute Gasteiger partial charge is 0.245 e. The Balaban J connectivity index is 1.15. The minimum atomic E-state index is -0.182. The molecule has 7 heteroatoms. The molecule has 1 aliphatic heterocycles. The van der Waals surface area contributed by atoms with E-state index in [0.717, 1.165) is 105 Å². The van der Waals surface area contributed by atoms with Crippen LogP contribution in [0.5, 0.6) is 0 Å². The largest absolute Gasteiger partial charge is 0.308 e. The standard InChI is InChI=1S/C77H47BN6/c1-2-23-48(24-3-1)80-69-45-44-58-57-33-12-21-42-68(57)84(74(58)72(69)73-70(80)43-22-46-79-73)76-71(81-62-36-15-6-27-51(62)52-28-7-16-37-63(52)81)47-61(78-59-34-13-4-25-49(59)50-26-5-14-35-60(50)78)75(82-64-38-17-8-29-53(64)54-30-9-18-39-65(54)82)77(76)83-66-40-19-10-31-55(66)56-32-11-20-41-67(56)83/h1-47H. The van der Waals surface area contributed by atoms with Gasteiger partial charge in [0, 0.05) is 55.0 Å². The van der Waals surface area contributed by atoms with Crippen LogP contribution in [0.1, 0.15) is 0 Å². The highest BCUT2D eigenvalue weighted by molar-refractivity contribution is 6.99. The van der Waals surface area contributed by atoms with Crippen molar-refractivity contribution in [3.8, 4) is 39.6 Å². The van der Waals surface area contributed by atoms with Gasteiger partial charge in [0.25, 0.3) is 0 Å². The van der Waals surface area contributed by atoms with Crippen LogP contribution in [0.3, 0.4) is 0 Å². The SMILES string of the molecule is c1ccc(-n2c3cccnc3c3c2ccc2c4ccccc4n(-c4c(-n5c6ccccc6c6ccccc65)cc(B5c6ccccc6-c6ccccc65)c(-n5c6ccccc6c6ccccc65)c4-n4c5ccccc5c5ccccc54)c23)cc1. The first-order valence-electron chi connectivity index (χ1n) is 29.0. The molecule has 0 radical (unpaired) electrons. The molecule has 0 aliphatic carbocycles. The molecule has 0 amide bonds. The van der Waals surface area contributed by atoms with Crippen molar-refractivity contribution in [2.75, 3.05) is 0 Å². The molecule has 388 valence electrons. The van der Waals surface area contributed by atoms with Crippen LogP contribution in [0.15, 0.2) is 285 Å². The fourth-order valence-corrected chi connectivity index (χ4v) is 15.2. The summed E-state index contributed by atoms with van der Waals surface area (Å²) in [5.74, 6) is 0. The Hall–Kier alpha value is -11.1. The second-order valence-corrected chi connectivity index (χ2v) is 22.5. The lowest BCUT2D eigenvalue weighted by atomic mass is 9.38. The van der Waals surface area contributed by atoms with Crippen molar-refractivity contribution < 1.29 is 0 Å². The summed E-state index contributed by atoms with van der Waals surface area (Å²) < 4.78 is 12.9. The highest BCUT2D eigenvalue weighted by atomic mass is 15.1. The molecule has 0 atom stereocenters. The van der Waals surface area contributed by atoms with E-state index >= 15 is 0 Å². The van der Waals surface area contributed by atoms with Gasteiger partial charge in [0.1, 0.15) is 0 Å². The van der Waals surface area contributed by atoms with Crippen molar-refractivity contribution in [1.82, 2.24) is 27.8 Å². The molecule has 6 nitrogen and oxygen atoms in total. The van der Waals surface area contributed by atoms with Crippen LogP contribution in [0, 0.1) is 0 Å². The van der Waals surface area contributed by atoms with Gasteiger partial charge in [-0.2, -0.15) is 0 Å². The first kappa shape index (κ1) is 45.6. The number of para-hydroxylation sites is 8. The zero-order valence-electron chi connectivity index (χ0n) is 45.4. The van der Waals surface area contributed by atoms with Gasteiger partial charge in [-0.3, -0.25) is 4.98 Å². The average molecular weight is 1070 g/mol. The zero-order valence-corrected chi connectivity index (χ0v) is 45.4. The number of fused-ring (bicyclic) bond motifs is 19. The van der Waals surface area contributed by atoms with Crippen molar-refractivity contribution in [3.05, 3.63) is 285 Å². The number of aromatic nitrogens is 6. The summed E-state index contributed by atoms with van der Waals surface area (Å²) in [6, 6.07) is 104. The lowest BCUT2D eigenvalue weighted by molar-refractivity contribution is 1.03. The number of benzene rings is 12. The van der Waals surface area contributed by atoms with E-state index in [0.29, 0.717) is 0 Å². The summed E-state index contributed by atoms with van der Waals surface area (Å²) >= 11 is 0. The first-order valence-corrected chi connectivity index (χ1v) is 29.0. The molecule has 0 saturated carbocycles. The van der Waals surface area contributed by atoms with Crippen LogP contribution in [0.4, 0.5) is 0 Å². The summed E-state index contributed by atoms with van der Waals surface area (Å²) in [6.45, 7) is -0.182. The topological polar surface area (TPSA) is 37.5 Å². The minimum absolute atomic E-state index is 0.182. The van der Waals surface area contributed by atoms with Gasteiger partial charge in [-0.15, -0.1) is 0 Å². The maximum Gasteiger partial charge on any atom is 0.245 e. The van der Waals surface area contributed by atoms with Gasteiger partial charge in [0.2, 0.25) is 6.71 Å². The monoisotopic (exact) mass is 1070 g/mol. The summed E-state index contributed by atoms with van der Waals surface area (Å²) in [5.41, 5.74) is 23.7. The molecule has 0 saturated heterocycles. The van der Waals surface area contributed by atoms with Gasteiger partial charge >= 0.3 is 0 Å². The molecule has 0 fully saturated rings. The zero-order chi connectivity index (χ0) is 54.7. The van der Waals surface area contributed by atoms with Crippen LogP contribution in [-0.4, -0.2) is 34.5 Å². The van der Waals surface area contributed by atoms with Crippen LogP contribution in [0.2, 0.25) is 0 Å². The van der Waals surface area contributed by atoms with Crippen LogP contribution in [-0.2, 0) is 0 Å². The summed E-state index contributed by atoms with van der Waals surface area (Å²) in [7, 11) is 0. The van der Waals surface area contributed by atoms with Crippen LogP contribution >= 0.6 is 0 Å². The molecule has 1 aliphatic rings. The molecule has 18 aromatic rings. The number of pyridine rings is 1. The van der Waals surface area contributed by atoms with E-state index < -0.39 is 0 Å². The third-order valence-corrected chi connectivity index (χ3v) is 18.4. The Labute approximate surface area is 482 Å². The fourth-order valence-electron chi connectivity index (χ4n) is 15.2. The summed E-state index contributed by atoms with van der Waals surface area (Å²) in [6.07, 6.45) is 1.96. The van der Waals surface area contributed by atoms with E-state index in [2.05, 4.69) is 302 Å². The molecule has 19 rings (SSSR count). The predicted octanol–water partition coefficient (Wildman–Crippen LogP) is 17.1. The molecule has 7 heterocycles. The molecular formula is C77H47BN6. The van der Waals surface area contributed by atoms with Crippen LogP contribution in [0.25, 0.3) is 149 Å². The van der Waals surface area contributed by atoms with Gasteiger partial charge in [-0.05, 0) is 95.5 Å². The molecule has 0 spiro atoms. The number of rotatable bonds is 6. The van der Waals surface area contributed by atoms with E-state index in [4.69, 9.17) is 4.98 Å². The van der Waals surface area contributed by atoms with E-state index in [1.807, 2.05) is 6.20 Å². The number of hydrogen-bond donors (Lipinski definition) is 0. The minimum Gasteiger partial charge on any atom is -0.308 e. The highest BCUT2D eigenvalue weighted by Crippen LogP contribution is 2.49. The lowest BCUT2D eigenvalue weighted by Gasteiger charge is -2.29. The van der Waals surface area contributed by atoms with Gasteiger partial charge in [-0.25, -0.2) is 0 Å². The van der Waals surface area contributed by atoms with Gasteiger partial charge in [0.05, 0.1) is 88.8 Å². The normalized spacial score (nSPS) is 12.5. The van der Waals surface area contributed by atoms with Gasteiger partial charge in [-0.1, -0.05) is 211 Å². The van der Waals surface area contributed by atoms with Gasteiger partial charge < -0.3 is 22.8 Å². The van der Waals surface area contributed by atoms with Crippen molar-refractivity contribution in [3.63, 3.8) is 0 Å². The Bertz CT molecular complexity index is 5630. The molecule has 6 aromatic heterocycles. The lowest BCUT2D eigenvalue weighted by Crippen LogP contribution is -2.51. The van der Waals surface area contributed by atoms with E-state index in [9.17, 15) is 0 Å². The quantitative estimate of drug-likeness (QED) is 0.153. The molecule has 0 N–H and O–H groups in total. The van der Waals surface area contributed by atoms with Gasteiger partial charge in [0.15, 0.2) is 0 Å². The number of hydrogen-bond acceptors (Lipinski definition) is 1. The Kier molecular flexibility index (Phi) is 9.33. The first-order chi connectivity index (χ1) is 41.8.